The van der Waals surface area contributed by atoms with Crippen LogP contribution in [0.15, 0.2) is 24.3 Å². The molecule has 0 saturated heterocycles. The molecule has 1 aromatic rings. The van der Waals surface area contributed by atoms with Crippen LogP contribution in [0.1, 0.15) is 5.56 Å². The van der Waals surface area contributed by atoms with Crippen LogP contribution in [-0.2, 0) is 11.2 Å². The zero-order valence-corrected chi connectivity index (χ0v) is 5.50. The van der Waals surface area contributed by atoms with Gasteiger partial charge in [-0.25, -0.2) is 0 Å². The quantitative estimate of drug-likeness (QED) is 0.629. The maximum absolute atomic E-state index is 10.4. The molecule has 1 radical (unpaired) electrons. The van der Waals surface area contributed by atoms with Crippen LogP contribution in [0, 0.1) is 6.07 Å². The van der Waals surface area contributed by atoms with E-state index in [0.717, 1.165) is 5.56 Å². The molecule has 0 spiro atoms. The summed E-state index contributed by atoms with van der Waals surface area (Å²) >= 11 is 0. The molecule has 0 atom stereocenters. The van der Waals surface area contributed by atoms with Crippen molar-refractivity contribution in [2.75, 3.05) is 0 Å². The van der Waals surface area contributed by atoms with E-state index in [-0.39, 0.29) is 5.91 Å². The number of nitrogens with two attached hydrogens (primary N) is 1. The Morgan fingerprint density at radius 3 is 3.00 bits per heavy atom. The van der Waals surface area contributed by atoms with Crippen molar-refractivity contribution in [1.82, 2.24) is 0 Å². The summed E-state index contributed by atoms with van der Waals surface area (Å²) < 4.78 is 0. The van der Waals surface area contributed by atoms with Crippen LogP contribution in [0.5, 0.6) is 0 Å². The molecule has 0 aliphatic heterocycles. The van der Waals surface area contributed by atoms with E-state index in [1.807, 2.05) is 12.1 Å². The first-order valence-electron chi connectivity index (χ1n) is 3.02. The van der Waals surface area contributed by atoms with Gasteiger partial charge in [-0.3, -0.25) is 4.79 Å². The molecule has 1 amide bonds. The molecular formula is C8H8NO. The van der Waals surface area contributed by atoms with Crippen LogP contribution in [0.4, 0.5) is 0 Å². The molecule has 2 nitrogen and oxygen atoms in total. The topological polar surface area (TPSA) is 43.1 Å². The first-order valence-corrected chi connectivity index (χ1v) is 3.02. The van der Waals surface area contributed by atoms with Gasteiger partial charge in [0, 0.05) is 0 Å². The fourth-order valence-corrected chi connectivity index (χ4v) is 0.742. The van der Waals surface area contributed by atoms with Gasteiger partial charge in [0.25, 0.3) is 0 Å². The lowest BCUT2D eigenvalue weighted by Crippen LogP contribution is -2.13. The predicted molar refractivity (Wildman–Crippen MR) is 38.2 cm³/mol. The van der Waals surface area contributed by atoms with Gasteiger partial charge < -0.3 is 5.73 Å². The zero-order valence-electron chi connectivity index (χ0n) is 5.50. The van der Waals surface area contributed by atoms with Gasteiger partial charge in [-0.05, 0) is 11.6 Å². The maximum Gasteiger partial charge on any atom is 0.221 e. The highest BCUT2D eigenvalue weighted by molar-refractivity contribution is 5.76. The summed E-state index contributed by atoms with van der Waals surface area (Å²) in [4.78, 5) is 10.4. The number of hydrogen-bond acceptors (Lipinski definition) is 1. The van der Waals surface area contributed by atoms with Crippen molar-refractivity contribution in [3.8, 4) is 0 Å². The second-order valence-electron chi connectivity index (χ2n) is 2.05. The molecule has 2 heteroatoms. The Balaban J connectivity index is 2.67. The first kappa shape index (κ1) is 6.81. The van der Waals surface area contributed by atoms with Crippen molar-refractivity contribution in [2.24, 2.45) is 5.73 Å². The number of benzene rings is 1. The zero-order chi connectivity index (χ0) is 7.40. The van der Waals surface area contributed by atoms with Crippen molar-refractivity contribution in [3.63, 3.8) is 0 Å². The third-order valence-electron chi connectivity index (χ3n) is 1.15. The molecule has 0 heterocycles. The van der Waals surface area contributed by atoms with E-state index < -0.39 is 0 Å². The van der Waals surface area contributed by atoms with Gasteiger partial charge >= 0.3 is 0 Å². The van der Waals surface area contributed by atoms with Gasteiger partial charge in [0.15, 0.2) is 0 Å². The van der Waals surface area contributed by atoms with Crippen molar-refractivity contribution >= 4 is 5.91 Å². The summed E-state index contributed by atoms with van der Waals surface area (Å²) in [5.74, 6) is -0.306. The van der Waals surface area contributed by atoms with E-state index in [2.05, 4.69) is 6.07 Å². The number of hydrogen-bond donors (Lipinski definition) is 1. The van der Waals surface area contributed by atoms with E-state index in [4.69, 9.17) is 5.73 Å². The Bertz CT molecular complexity index is 218. The molecule has 0 aromatic heterocycles. The van der Waals surface area contributed by atoms with Gasteiger partial charge in [-0.2, -0.15) is 0 Å². The monoisotopic (exact) mass is 134 g/mol. The molecule has 2 N–H and O–H groups in total. The summed E-state index contributed by atoms with van der Waals surface area (Å²) in [6.45, 7) is 0. The van der Waals surface area contributed by atoms with E-state index in [1.165, 1.54) is 0 Å². The average molecular weight is 134 g/mol. The van der Waals surface area contributed by atoms with E-state index in [0.29, 0.717) is 6.42 Å². The minimum atomic E-state index is -0.306. The fourth-order valence-electron chi connectivity index (χ4n) is 0.742. The SMILES string of the molecule is NC(=O)Cc1c[c]ccc1. The van der Waals surface area contributed by atoms with E-state index in [9.17, 15) is 4.79 Å². The molecule has 10 heavy (non-hydrogen) atoms. The van der Waals surface area contributed by atoms with Crippen molar-refractivity contribution in [3.05, 3.63) is 35.9 Å². The highest BCUT2D eigenvalue weighted by atomic mass is 16.1. The van der Waals surface area contributed by atoms with Gasteiger partial charge in [0.2, 0.25) is 5.91 Å². The van der Waals surface area contributed by atoms with Crippen LogP contribution in [0.25, 0.3) is 0 Å². The smallest absolute Gasteiger partial charge is 0.221 e. The Hall–Kier alpha value is -1.31. The Morgan fingerprint density at radius 1 is 1.70 bits per heavy atom. The summed E-state index contributed by atoms with van der Waals surface area (Å²) in [7, 11) is 0. The molecule has 51 valence electrons. The third-order valence-corrected chi connectivity index (χ3v) is 1.15. The lowest BCUT2D eigenvalue weighted by molar-refractivity contribution is -0.117. The summed E-state index contributed by atoms with van der Waals surface area (Å²) in [5, 5.41) is 0. The van der Waals surface area contributed by atoms with Crippen molar-refractivity contribution in [1.29, 1.82) is 0 Å². The standard InChI is InChI=1S/C8H8NO/c9-8(10)6-7-4-2-1-3-5-7/h1-2,4-5H,6H2,(H2,9,10). The minimum Gasteiger partial charge on any atom is -0.369 e. The van der Waals surface area contributed by atoms with Gasteiger partial charge in [-0.1, -0.05) is 24.3 Å². The second-order valence-corrected chi connectivity index (χ2v) is 2.05. The van der Waals surface area contributed by atoms with E-state index >= 15 is 0 Å². The highest BCUT2D eigenvalue weighted by Crippen LogP contribution is 1.96. The van der Waals surface area contributed by atoms with Crippen LogP contribution in [-0.4, -0.2) is 5.91 Å². The number of rotatable bonds is 2. The van der Waals surface area contributed by atoms with Crippen LogP contribution in [0.2, 0.25) is 0 Å². The number of carbonyl (C=O) groups is 1. The number of primary amides is 1. The molecule has 0 aliphatic carbocycles. The molecular weight excluding hydrogens is 126 g/mol. The van der Waals surface area contributed by atoms with Crippen LogP contribution >= 0.6 is 0 Å². The normalized spacial score (nSPS) is 9.20. The molecule has 0 saturated carbocycles. The van der Waals surface area contributed by atoms with E-state index in [1.54, 1.807) is 12.1 Å². The first-order chi connectivity index (χ1) is 4.79. The van der Waals surface area contributed by atoms with Gasteiger partial charge in [0.1, 0.15) is 0 Å². The Labute approximate surface area is 59.7 Å². The molecule has 0 bridgehead atoms. The number of amides is 1. The van der Waals surface area contributed by atoms with Crippen LogP contribution < -0.4 is 5.73 Å². The summed E-state index contributed by atoms with van der Waals surface area (Å²) in [6.07, 6.45) is 0.303. The Morgan fingerprint density at radius 2 is 2.50 bits per heavy atom. The predicted octanol–water partition coefficient (Wildman–Crippen LogP) is 0.515. The minimum absolute atomic E-state index is 0.303. The molecule has 1 rings (SSSR count). The lowest BCUT2D eigenvalue weighted by Gasteiger charge is -1.93. The fraction of sp³-hybridized carbons (Fsp3) is 0.125. The van der Waals surface area contributed by atoms with Crippen molar-refractivity contribution in [2.45, 2.75) is 6.42 Å². The second kappa shape index (κ2) is 3.01. The van der Waals surface area contributed by atoms with Gasteiger partial charge in [0.05, 0.1) is 6.42 Å². The summed E-state index contributed by atoms with van der Waals surface area (Å²) in [5.41, 5.74) is 5.88. The van der Waals surface area contributed by atoms with Crippen molar-refractivity contribution < 1.29 is 4.79 Å². The van der Waals surface area contributed by atoms with Gasteiger partial charge in [-0.15, -0.1) is 0 Å². The third kappa shape index (κ3) is 1.90. The molecule has 1 aromatic carbocycles. The largest absolute Gasteiger partial charge is 0.369 e. The Kier molecular flexibility index (Phi) is 2.05. The lowest BCUT2D eigenvalue weighted by atomic mass is 10.1. The number of carbonyl (C=O) groups excluding carboxylic acids is 1. The molecule has 0 aliphatic rings. The summed E-state index contributed by atoms with van der Waals surface area (Å²) in [6, 6.07) is 10.1. The maximum atomic E-state index is 10.4. The molecule has 0 fully saturated rings. The average Bonchev–Trinajstić information content (AvgIpc) is 1.88. The highest BCUT2D eigenvalue weighted by Gasteiger charge is 1.94. The molecule has 0 unspecified atom stereocenters. The van der Waals surface area contributed by atoms with Crippen LogP contribution in [0.3, 0.4) is 0 Å².